The van der Waals surface area contributed by atoms with E-state index in [4.69, 9.17) is 16.3 Å². The highest BCUT2D eigenvalue weighted by molar-refractivity contribution is 6.37. The standard InChI is InChI=1S/C24H16ClFN4O4/c1-3-34-24(33)13-4-7-15(8-5-13)29-22(31)16-11-27-21-19(20(16)23(29)32)12(2)28-30(21)18-9-6-14(25)10-17(18)26/h4-11H,3H2,1-2H3. The fourth-order valence-electron chi connectivity index (χ4n) is 3.98. The molecule has 0 radical (unpaired) electrons. The first-order chi connectivity index (χ1) is 16.3. The number of ether oxygens (including phenoxy) is 1. The molecule has 0 spiro atoms. The third-order valence-electron chi connectivity index (χ3n) is 5.50. The summed E-state index contributed by atoms with van der Waals surface area (Å²) in [6.07, 6.45) is 1.29. The zero-order chi connectivity index (χ0) is 24.1. The number of anilines is 1. The number of aryl methyl sites for hydroxylation is 1. The number of hydrogen-bond donors (Lipinski definition) is 0. The molecule has 34 heavy (non-hydrogen) atoms. The van der Waals surface area contributed by atoms with Crippen molar-refractivity contribution in [3.8, 4) is 5.69 Å². The molecule has 0 saturated carbocycles. The zero-order valence-corrected chi connectivity index (χ0v) is 18.8. The van der Waals surface area contributed by atoms with E-state index in [0.717, 1.165) is 11.0 Å². The van der Waals surface area contributed by atoms with Crippen molar-refractivity contribution in [1.29, 1.82) is 0 Å². The Balaban J connectivity index is 1.60. The summed E-state index contributed by atoms with van der Waals surface area (Å²) in [5.74, 6) is -2.22. The van der Waals surface area contributed by atoms with Crippen LogP contribution in [-0.2, 0) is 4.74 Å². The van der Waals surface area contributed by atoms with Gasteiger partial charge in [0.1, 0.15) is 11.5 Å². The number of esters is 1. The molecular formula is C24H16ClFN4O4. The number of aromatic nitrogens is 3. The summed E-state index contributed by atoms with van der Waals surface area (Å²) < 4.78 is 20.8. The lowest BCUT2D eigenvalue weighted by Gasteiger charge is -2.14. The van der Waals surface area contributed by atoms with Gasteiger partial charge < -0.3 is 4.74 Å². The van der Waals surface area contributed by atoms with Gasteiger partial charge in [-0.2, -0.15) is 5.10 Å². The first-order valence-corrected chi connectivity index (χ1v) is 10.7. The number of fused-ring (bicyclic) bond motifs is 3. The molecule has 3 heterocycles. The lowest BCUT2D eigenvalue weighted by Crippen LogP contribution is -2.29. The monoisotopic (exact) mass is 478 g/mol. The van der Waals surface area contributed by atoms with Crippen LogP contribution in [0.5, 0.6) is 0 Å². The highest BCUT2D eigenvalue weighted by Gasteiger charge is 2.40. The van der Waals surface area contributed by atoms with Crippen molar-refractivity contribution in [3.63, 3.8) is 0 Å². The third-order valence-corrected chi connectivity index (χ3v) is 5.73. The van der Waals surface area contributed by atoms with E-state index >= 15 is 0 Å². The minimum absolute atomic E-state index is 0.109. The van der Waals surface area contributed by atoms with Crippen LogP contribution in [0.3, 0.4) is 0 Å². The van der Waals surface area contributed by atoms with Gasteiger partial charge in [0.2, 0.25) is 0 Å². The molecule has 4 aromatic rings. The molecule has 0 atom stereocenters. The van der Waals surface area contributed by atoms with Gasteiger partial charge in [-0.25, -0.2) is 23.8 Å². The second-order valence-corrected chi connectivity index (χ2v) is 7.99. The molecule has 2 amide bonds. The largest absolute Gasteiger partial charge is 0.462 e. The van der Waals surface area contributed by atoms with Gasteiger partial charge in [0, 0.05) is 11.2 Å². The van der Waals surface area contributed by atoms with E-state index in [1.165, 1.54) is 47.3 Å². The van der Waals surface area contributed by atoms with Crippen LogP contribution in [0.15, 0.2) is 48.7 Å². The van der Waals surface area contributed by atoms with Crippen molar-refractivity contribution in [1.82, 2.24) is 14.8 Å². The molecule has 8 nitrogen and oxygen atoms in total. The minimum atomic E-state index is -0.607. The summed E-state index contributed by atoms with van der Waals surface area (Å²) in [4.78, 5) is 43.8. The van der Waals surface area contributed by atoms with Crippen molar-refractivity contribution >= 4 is 46.1 Å². The molecule has 0 fully saturated rings. The third kappa shape index (κ3) is 3.24. The summed E-state index contributed by atoms with van der Waals surface area (Å²) in [7, 11) is 0. The predicted octanol–water partition coefficient (Wildman–Crippen LogP) is 4.50. The van der Waals surface area contributed by atoms with Crippen molar-refractivity contribution < 1.29 is 23.5 Å². The Morgan fingerprint density at radius 3 is 2.53 bits per heavy atom. The molecule has 1 aliphatic heterocycles. The van der Waals surface area contributed by atoms with Gasteiger partial charge in [-0.3, -0.25) is 9.59 Å². The van der Waals surface area contributed by atoms with E-state index in [0.29, 0.717) is 22.3 Å². The number of benzene rings is 2. The summed E-state index contributed by atoms with van der Waals surface area (Å²) in [5.41, 5.74) is 1.61. The van der Waals surface area contributed by atoms with Crippen molar-refractivity contribution in [2.45, 2.75) is 13.8 Å². The Morgan fingerprint density at radius 2 is 1.85 bits per heavy atom. The molecule has 2 aromatic heterocycles. The maximum absolute atomic E-state index is 14.6. The van der Waals surface area contributed by atoms with E-state index in [-0.39, 0.29) is 34.1 Å². The van der Waals surface area contributed by atoms with Crippen LogP contribution in [0.1, 0.15) is 43.7 Å². The van der Waals surface area contributed by atoms with Crippen LogP contribution in [0, 0.1) is 12.7 Å². The van der Waals surface area contributed by atoms with Gasteiger partial charge >= 0.3 is 5.97 Å². The normalized spacial score (nSPS) is 13.0. The highest BCUT2D eigenvalue weighted by Crippen LogP contribution is 2.35. The number of pyridine rings is 1. The molecule has 0 unspecified atom stereocenters. The number of imide groups is 1. The Kier molecular flexibility index (Phi) is 5.13. The summed E-state index contributed by atoms with van der Waals surface area (Å²) in [6, 6.07) is 10.1. The maximum atomic E-state index is 14.6. The van der Waals surface area contributed by atoms with Gasteiger partial charge in [0.15, 0.2) is 5.65 Å². The first kappa shape index (κ1) is 21.7. The molecule has 5 rings (SSSR count). The van der Waals surface area contributed by atoms with Crippen LogP contribution >= 0.6 is 11.6 Å². The number of amides is 2. The van der Waals surface area contributed by atoms with E-state index in [2.05, 4.69) is 10.1 Å². The molecule has 0 aliphatic carbocycles. The van der Waals surface area contributed by atoms with Crippen molar-refractivity contribution in [2.75, 3.05) is 11.5 Å². The Bertz CT molecular complexity index is 1510. The average molecular weight is 479 g/mol. The summed E-state index contributed by atoms with van der Waals surface area (Å²) in [5, 5.41) is 4.96. The van der Waals surface area contributed by atoms with Crippen molar-refractivity contribution in [2.24, 2.45) is 0 Å². The van der Waals surface area contributed by atoms with Crippen LogP contribution in [0.25, 0.3) is 16.7 Å². The SMILES string of the molecule is CCOC(=O)c1ccc(N2C(=O)c3cnc4c(c(C)nn4-c4ccc(Cl)cc4F)c3C2=O)cc1. The fourth-order valence-corrected chi connectivity index (χ4v) is 4.14. The fraction of sp³-hybridized carbons (Fsp3) is 0.125. The molecule has 2 aromatic carbocycles. The van der Waals surface area contributed by atoms with E-state index in [1.54, 1.807) is 13.8 Å². The molecule has 0 N–H and O–H groups in total. The van der Waals surface area contributed by atoms with E-state index < -0.39 is 23.6 Å². The van der Waals surface area contributed by atoms with Gasteiger partial charge in [0.05, 0.1) is 40.1 Å². The smallest absolute Gasteiger partial charge is 0.338 e. The van der Waals surface area contributed by atoms with Crippen LogP contribution in [0.4, 0.5) is 10.1 Å². The van der Waals surface area contributed by atoms with Crippen LogP contribution in [0.2, 0.25) is 5.02 Å². The Labute approximate surface area is 197 Å². The zero-order valence-electron chi connectivity index (χ0n) is 18.0. The van der Waals surface area contributed by atoms with Gasteiger partial charge in [-0.05, 0) is 56.3 Å². The van der Waals surface area contributed by atoms with Crippen LogP contribution in [-0.4, -0.2) is 39.2 Å². The molecule has 170 valence electrons. The predicted molar refractivity (Wildman–Crippen MR) is 122 cm³/mol. The van der Waals surface area contributed by atoms with E-state index in [9.17, 15) is 18.8 Å². The number of carbonyl (C=O) groups excluding carboxylic acids is 3. The Morgan fingerprint density at radius 1 is 1.12 bits per heavy atom. The topological polar surface area (TPSA) is 94.4 Å². The van der Waals surface area contributed by atoms with Gasteiger partial charge in [0.25, 0.3) is 11.8 Å². The molecule has 0 bridgehead atoms. The number of carbonyl (C=O) groups is 3. The maximum Gasteiger partial charge on any atom is 0.338 e. The Hall–Kier alpha value is -4.11. The minimum Gasteiger partial charge on any atom is -0.462 e. The van der Waals surface area contributed by atoms with Gasteiger partial charge in [-0.15, -0.1) is 0 Å². The van der Waals surface area contributed by atoms with Crippen molar-refractivity contribution in [3.05, 3.63) is 81.9 Å². The molecule has 10 heteroatoms. The van der Waals surface area contributed by atoms with Gasteiger partial charge in [-0.1, -0.05) is 11.6 Å². The lowest BCUT2D eigenvalue weighted by atomic mass is 10.1. The number of hydrogen-bond acceptors (Lipinski definition) is 6. The first-order valence-electron chi connectivity index (χ1n) is 10.3. The molecule has 1 aliphatic rings. The molecular weight excluding hydrogens is 463 g/mol. The molecule has 0 saturated heterocycles. The lowest BCUT2D eigenvalue weighted by molar-refractivity contribution is 0.0526. The summed E-state index contributed by atoms with van der Waals surface area (Å²) >= 11 is 5.86. The van der Waals surface area contributed by atoms with Crippen LogP contribution < -0.4 is 4.90 Å². The second kappa shape index (κ2) is 8.03. The quantitative estimate of drug-likeness (QED) is 0.316. The number of rotatable bonds is 4. The van der Waals surface area contributed by atoms with E-state index in [1.807, 2.05) is 0 Å². The number of halogens is 2. The average Bonchev–Trinajstić information content (AvgIpc) is 3.27. The highest BCUT2D eigenvalue weighted by atomic mass is 35.5. The summed E-state index contributed by atoms with van der Waals surface area (Å²) in [6.45, 7) is 3.59. The number of nitrogens with zero attached hydrogens (tertiary/aromatic N) is 4. The second-order valence-electron chi connectivity index (χ2n) is 7.55.